The number of fused-ring (bicyclic) bond motifs is 1. The summed E-state index contributed by atoms with van der Waals surface area (Å²) in [4.78, 5) is 67.5. The van der Waals surface area contributed by atoms with Crippen LogP contribution < -0.4 is 21.9 Å². The van der Waals surface area contributed by atoms with Crippen LogP contribution in [0.5, 0.6) is 0 Å². The number of hydrogen-bond acceptors (Lipinski definition) is 6. The molecular weight excluding hydrogens is 416 g/mol. The minimum atomic E-state index is -0.912. The van der Waals surface area contributed by atoms with Crippen molar-refractivity contribution < 1.29 is 14.4 Å². The van der Waals surface area contributed by atoms with Gasteiger partial charge in [-0.25, -0.2) is 14.6 Å². The average Bonchev–Trinajstić information content (AvgIpc) is 3.00. The summed E-state index contributed by atoms with van der Waals surface area (Å²) < 4.78 is 2.19. The van der Waals surface area contributed by atoms with Gasteiger partial charge in [-0.05, 0) is 37.7 Å². The van der Waals surface area contributed by atoms with E-state index in [1.165, 1.54) is 30.9 Å². The molecule has 2 N–H and O–H groups in total. The maximum Gasteiger partial charge on any atom is 0.332 e. The third-order valence-corrected chi connectivity index (χ3v) is 6.66. The highest BCUT2D eigenvalue weighted by atomic mass is 16.2. The first-order valence-electron chi connectivity index (χ1n) is 10.7. The van der Waals surface area contributed by atoms with Gasteiger partial charge in [0.15, 0.2) is 0 Å². The molecule has 1 aliphatic carbocycles. The van der Waals surface area contributed by atoms with E-state index in [0.717, 1.165) is 28.7 Å². The van der Waals surface area contributed by atoms with Gasteiger partial charge in [0, 0.05) is 14.1 Å². The quantitative estimate of drug-likeness (QED) is 0.661. The molecular formula is C21H26N6O5. The van der Waals surface area contributed by atoms with E-state index < -0.39 is 35.3 Å². The van der Waals surface area contributed by atoms with Gasteiger partial charge in [-0.15, -0.1) is 0 Å². The Bertz CT molecular complexity index is 1240. The van der Waals surface area contributed by atoms with Gasteiger partial charge in [0.2, 0.25) is 5.91 Å². The van der Waals surface area contributed by atoms with Crippen molar-refractivity contribution in [2.24, 2.45) is 20.0 Å². The lowest BCUT2D eigenvalue weighted by Gasteiger charge is -2.34. The minimum Gasteiger partial charge on any atom is -0.323 e. The summed E-state index contributed by atoms with van der Waals surface area (Å²) in [5.74, 6) is -0.404. The van der Waals surface area contributed by atoms with Gasteiger partial charge in [-0.1, -0.05) is 13.3 Å². The van der Waals surface area contributed by atoms with E-state index in [1.54, 1.807) is 0 Å². The first-order valence-corrected chi connectivity index (χ1v) is 10.7. The van der Waals surface area contributed by atoms with Crippen LogP contribution in [-0.4, -0.2) is 48.9 Å². The van der Waals surface area contributed by atoms with E-state index in [-0.39, 0.29) is 22.6 Å². The number of aromatic nitrogens is 3. The van der Waals surface area contributed by atoms with Gasteiger partial charge in [0.05, 0.1) is 17.3 Å². The summed E-state index contributed by atoms with van der Waals surface area (Å²) in [5.41, 5.74) is -1.54. The summed E-state index contributed by atoms with van der Waals surface area (Å²) in [7, 11) is 2.85. The van der Waals surface area contributed by atoms with Crippen molar-refractivity contribution in [3.05, 3.63) is 33.1 Å². The lowest BCUT2D eigenvalue weighted by atomic mass is 9.75. The lowest BCUT2D eigenvalue weighted by Crippen LogP contribution is -2.49. The molecule has 1 saturated heterocycles. The Morgan fingerprint density at radius 2 is 1.88 bits per heavy atom. The highest BCUT2D eigenvalue weighted by Crippen LogP contribution is 2.37. The van der Waals surface area contributed by atoms with Crippen LogP contribution in [0, 0.1) is 5.92 Å². The highest BCUT2D eigenvalue weighted by Gasteiger charge is 2.52. The Kier molecular flexibility index (Phi) is 5.35. The molecule has 0 bridgehead atoms. The van der Waals surface area contributed by atoms with Crippen molar-refractivity contribution >= 4 is 34.6 Å². The fraction of sp³-hybridized carbons (Fsp3) is 0.524. The molecule has 11 heteroatoms. The van der Waals surface area contributed by atoms with Crippen LogP contribution in [0.3, 0.4) is 0 Å². The molecule has 1 aliphatic heterocycles. The smallest absolute Gasteiger partial charge is 0.323 e. The number of nitrogens with zero attached hydrogens (tertiary/aromatic N) is 4. The summed E-state index contributed by atoms with van der Waals surface area (Å²) in [5, 5.41) is 5.54. The SMILES string of the molecule is CCC1CCC2(CC1)NC(=O)N(CC(=O)Nc1cnc3c(c1)c(=O)n(C)c(=O)n3C)C2=O. The van der Waals surface area contributed by atoms with Crippen molar-refractivity contribution in [1.82, 2.24) is 24.3 Å². The molecule has 0 radical (unpaired) electrons. The molecule has 2 aliphatic rings. The molecule has 4 amide bonds. The number of urea groups is 1. The molecule has 2 aromatic heterocycles. The Labute approximate surface area is 183 Å². The minimum absolute atomic E-state index is 0.161. The highest BCUT2D eigenvalue weighted by molar-refractivity contribution is 6.10. The van der Waals surface area contributed by atoms with Crippen molar-refractivity contribution in [1.29, 1.82) is 0 Å². The van der Waals surface area contributed by atoms with Crippen LogP contribution in [0.15, 0.2) is 21.9 Å². The fourth-order valence-electron chi connectivity index (χ4n) is 4.62. The molecule has 2 aromatic rings. The lowest BCUT2D eigenvalue weighted by molar-refractivity contribution is -0.135. The van der Waals surface area contributed by atoms with E-state index >= 15 is 0 Å². The Hall–Kier alpha value is -3.50. The Morgan fingerprint density at radius 1 is 1.19 bits per heavy atom. The van der Waals surface area contributed by atoms with Crippen LogP contribution in [0.2, 0.25) is 0 Å². The molecule has 170 valence electrons. The van der Waals surface area contributed by atoms with Crippen LogP contribution in [-0.2, 0) is 23.7 Å². The molecule has 4 rings (SSSR count). The van der Waals surface area contributed by atoms with E-state index in [0.29, 0.717) is 18.8 Å². The molecule has 3 heterocycles. The summed E-state index contributed by atoms with van der Waals surface area (Å²) >= 11 is 0. The van der Waals surface area contributed by atoms with Gasteiger partial charge < -0.3 is 10.6 Å². The third-order valence-electron chi connectivity index (χ3n) is 6.66. The Balaban J connectivity index is 1.50. The van der Waals surface area contributed by atoms with Gasteiger partial charge >= 0.3 is 11.7 Å². The molecule has 1 spiro atoms. The topological polar surface area (TPSA) is 135 Å². The third kappa shape index (κ3) is 3.47. The standard InChI is InChI=1S/C21H26N6O5/c1-4-12-5-7-21(8-6-12)18(30)27(19(31)24-21)11-15(28)23-13-9-14-16(22-10-13)25(2)20(32)26(3)17(14)29/h9-10,12H,4-8,11H2,1-3H3,(H,23,28)(H,24,31). The summed E-state index contributed by atoms with van der Waals surface area (Å²) in [6.07, 6.45) is 5.24. The van der Waals surface area contributed by atoms with Crippen LogP contribution in [0.1, 0.15) is 39.0 Å². The first kappa shape index (κ1) is 21.7. The number of rotatable bonds is 4. The van der Waals surface area contributed by atoms with Crippen molar-refractivity contribution in [2.75, 3.05) is 11.9 Å². The largest absolute Gasteiger partial charge is 0.332 e. The predicted octanol–water partition coefficient (Wildman–Crippen LogP) is 0.462. The second kappa shape index (κ2) is 7.88. The second-order valence-corrected chi connectivity index (χ2v) is 8.60. The normalized spacial score (nSPS) is 23.1. The number of nitrogens with one attached hydrogen (secondary N) is 2. The number of hydrogen-bond donors (Lipinski definition) is 2. The number of anilines is 1. The molecule has 11 nitrogen and oxygen atoms in total. The summed E-state index contributed by atoms with van der Waals surface area (Å²) in [6, 6.07) is 0.849. The van der Waals surface area contributed by atoms with Gasteiger partial charge in [-0.3, -0.25) is 28.4 Å². The van der Waals surface area contributed by atoms with Crippen molar-refractivity contribution in [3.63, 3.8) is 0 Å². The monoisotopic (exact) mass is 442 g/mol. The molecule has 0 unspecified atom stereocenters. The van der Waals surface area contributed by atoms with Gasteiger partial charge in [0.1, 0.15) is 17.7 Å². The van der Waals surface area contributed by atoms with E-state index in [9.17, 15) is 24.0 Å². The van der Waals surface area contributed by atoms with Gasteiger partial charge in [0.25, 0.3) is 11.5 Å². The van der Waals surface area contributed by atoms with Crippen LogP contribution in [0.4, 0.5) is 10.5 Å². The van der Waals surface area contributed by atoms with Crippen molar-refractivity contribution in [3.8, 4) is 0 Å². The molecule has 0 aromatic carbocycles. The van der Waals surface area contributed by atoms with Gasteiger partial charge in [-0.2, -0.15) is 0 Å². The second-order valence-electron chi connectivity index (χ2n) is 8.60. The number of pyridine rings is 1. The fourth-order valence-corrected chi connectivity index (χ4v) is 4.62. The molecule has 0 atom stereocenters. The number of carbonyl (C=O) groups is 3. The molecule has 1 saturated carbocycles. The van der Waals surface area contributed by atoms with Crippen LogP contribution >= 0.6 is 0 Å². The summed E-state index contributed by atoms with van der Waals surface area (Å²) in [6.45, 7) is 1.68. The predicted molar refractivity (Wildman–Crippen MR) is 116 cm³/mol. The maximum atomic E-state index is 13.0. The zero-order chi connectivity index (χ0) is 23.2. The van der Waals surface area contributed by atoms with E-state index in [4.69, 9.17) is 0 Å². The number of imide groups is 1. The average molecular weight is 442 g/mol. The zero-order valence-corrected chi connectivity index (χ0v) is 18.3. The zero-order valence-electron chi connectivity index (χ0n) is 18.3. The molecule has 32 heavy (non-hydrogen) atoms. The Morgan fingerprint density at radius 3 is 2.53 bits per heavy atom. The number of amides is 4. The molecule has 2 fully saturated rings. The first-order chi connectivity index (χ1) is 15.2. The van der Waals surface area contributed by atoms with E-state index in [2.05, 4.69) is 22.5 Å². The number of carbonyl (C=O) groups excluding carboxylic acids is 3. The number of aryl methyl sites for hydroxylation is 1. The van der Waals surface area contributed by atoms with Crippen LogP contribution in [0.25, 0.3) is 11.0 Å². The maximum absolute atomic E-state index is 13.0. The van der Waals surface area contributed by atoms with Crippen molar-refractivity contribution in [2.45, 2.75) is 44.6 Å². The van der Waals surface area contributed by atoms with E-state index in [1.807, 2.05) is 0 Å².